The van der Waals surface area contributed by atoms with E-state index in [0.717, 1.165) is 57.8 Å². The van der Waals surface area contributed by atoms with E-state index < -0.39 is 20.0 Å². The predicted octanol–water partition coefficient (Wildman–Crippen LogP) is 11.0. The molecule has 0 spiro atoms. The van der Waals surface area contributed by atoms with Crippen molar-refractivity contribution in [2.75, 3.05) is 19.8 Å². The number of hydrogen-bond acceptors (Lipinski definition) is 6. The average molecular weight is 715 g/mol. The van der Waals surface area contributed by atoms with E-state index >= 15 is 0 Å². The lowest BCUT2D eigenvalue weighted by Crippen LogP contribution is -2.45. The monoisotopic (exact) mass is 715 g/mol. The second-order valence-electron chi connectivity index (χ2n) is 13.8. The van der Waals surface area contributed by atoms with Crippen molar-refractivity contribution in [2.24, 2.45) is 5.73 Å². The van der Waals surface area contributed by atoms with E-state index in [1.54, 1.807) is 6.08 Å². The van der Waals surface area contributed by atoms with Crippen LogP contribution in [-0.2, 0) is 18.4 Å². The number of carbonyl (C=O) groups is 1. The van der Waals surface area contributed by atoms with Gasteiger partial charge in [0.05, 0.1) is 25.4 Å². The first-order valence-electron chi connectivity index (χ1n) is 20.5. The van der Waals surface area contributed by atoms with E-state index in [9.17, 15) is 19.4 Å². The van der Waals surface area contributed by atoms with Gasteiger partial charge in [-0.05, 0) is 38.5 Å². The van der Waals surface area contributed by atoms with E-state index in [0.29, 0.717) is 6.42 Å². The number of phosphoric acid groups is 1. The Bertz CT molecular complexity index is 825. The quantitative estimate of drug-likeness (QED) is 0.0284. The molecule has 0 aromatic carbocycles. The summed E-state index contributed by atoms with van der Waals surface area (Å²) in [7, 11) is -4.33. The Morgan fingerprint density at radius 1 is 0.653 bits per heavy atom. The fraction of sp³-hybridized carbons (Fsp3) is 0.875. The van der Waals surface area contributed by atoms with E-state index in [1.807, 2.05) is 6.08 Å². The van der Waals surface area contributed by atoms with Gasteiger partial charge in [0.1, 0.15) is 0 Å². The molecule has 0 aromatic rings. The summed E-state index contributed by atoms with van der Waals surface area (Å²) in [5.41, 5.74) is 5.36. The lowest BCUT2D eigenvalue weighted by Gasteiger charge is -2.23. The molecule has 0 rings (SSSR count). The highest BCUT2D eigenvalue weighted by molar-refractivity contribution is 7.47. The molecule has 1 amide bonds. The molecule has 3 atom stereocenters. The van der Waals surface area contributed by atoms with Crippen LogP contribution in [-0.4, -0.2) is 47.8 Å². The highest BCUT2D eigenvalue weighted by atomic mass is 31.2. The first-order chi connectivity index (χ1) is 23.9. The van der Waals surface area contributed by atoms with Crippen LogP contribution in [0.3, 0.4) is 0 Å². The first-order valence-corrected chi connectivity index (χ1v) is 22.0. The highest BCUT2D eigenvalue weighted by Crippen LogP contribution is 2.43. The van der Waals surface area contributed by atoms with Crippen molar-refractivity contribution in [3.8, 4) is 0 Å². The van der Waals surface area contributed by atoms with E-state index in [-0.39, 0.29) is 25.7 Å². The van der Waals surface area contributed by atoms with Crippen LogP contribution >= 0.6 is 7.82 Å². The zero-order valence-corrected chi connectivity index (χ0v) is 32.8. The number of allylic oxidation sites excluding steroid dienone is 3. The Kier molecular flexibility index (Phi) is 36.0. The summed E-state index contributed by atoms with van der Waals surface area (Å²) in [5.74, 6) is -0.205. The molecule has 9 heteroatoms. The fourth-order valence-electron chi connectivity index (χ4n) is 5.88. The summed E-state index contributed by atoms with van der Waals surface area (Å²) in [5, 5.41) is 13.6. The summed E-state index contributed by atoms with van der Waals surface area (Å²) < 4.78 is 22.0. The largest absolute Gasteiger partial charge is 0.472 e. The number of aliphatic hydroxyl groups excluding tert-OH is 1. The van der Waals surface area contributed by atoms with Gasteiger partial charge in [0.25, 0.3) is 0 Å². The van der Waals surface area contributed by atoms with E-state index in [4.69, 9.17) is 14.8 Å². The summed E-state index contributed by atoms with van der Waals surface area (Å²) in [6, 6.07) is -0.860. The van der Waals surface area contributed by atoms with Crippen LogP contribution in [0.1, 0.15) is 194 Å². The molecule has 0 radical (unpaired) electrons. The van der Waals surface area contributed by atoms with Crippen LogP contribution in [0.4, 0.5) is 0 Å². The predicted molar refractivity (Wildman–Crippen MR) is 208 cm³/mol. The van der Waals surface area contributed by atoms with Crippen LogP contribution in [0.15, 0.2) is 24.3 Å². The number of rotatable bonds is 38. The van der Waals surface area contributed by atoms with Gasteiger partial charge in [0.2, 0.25) is 5.91 Å². The van der Waals surface area contributed by atoms with Crippen molar-refractivity contribution in [3.63, 3.8) is 0 Å². The third-order valence-electron chi connectivity index (χ3n) is 9.02. The van der Waals surface area contributed by atoms with Gasteiger partial charge in [0.15, 0.2) is 0 Å². The summed E-state index contributed by atoms with van der Waals surface area (Å²) in [6.45, 7) is 4.09. The van der Waals surface area contributed by atoms with Crippen LogP contribution in [0.25, 0.3) is 0 Å². The highest BCUT2D eigenvalue weighted by Gasteiger charge is 2.26. The van der Waals surface area contributed by atoms with Gasteiger partial charge in [-0.3, -0.25) is 13.8 Å². The maximum absolute atomic E-state index is 12.7. The molecule has 5 N–H and O–H groups in total. The van der Waals surface area contributed by atoms with E-state index in [1.165, 1.54) is 116 Å². The minimum absolute atomic E-state index is 0.0779. The number of phosphoric ester groups is 1. The molecule has 49 heavy (non-hydrogen) atoms. The smallest absolute Gasteiger partial charge is 0.387 e. The molecule has 0 saturated heterocycles. The zero-order chi connectivity index (χ0) is 36.1. The SMILES string of the molecule is CCCC/C=C\CCCCCCCC(=O)NC(COP(=O)(O)OCCN)C(O)/C=C/CCCCCCCCCCCCCCCCCCC. The van der Waals surface area contributed by atoms with Gasteiger partial charge in [-0.1, -0.05) is 173 Å². The van der Waals surface area contributed by atoms with Gasteiger partial charge in [-0.25, -0.2) is 4.57 Å². The van der Waals surface area contributed by atoms with Crippen molar-refractivity contribution in [2.45, 2.75) is 206 Å². The number of unbranched alkanes of at least 4 members (excludes halogenated alkanes) is 24. The normalized spacial score (nSPS) is 14.5. The number of hydrogen-bond donors (Lipinski definition) is 4. The molecule has 3 unspecified atom stereocenters. The van der Waals surface area contributed by atoms with Gasteiger partial charge in [-0.2, -0.15) is 0 Å². The maximum atomic E-state index is 12.7. The Morgan fingerprint density at radius 2 is 1.08 bits per heavy atom. The van der Waals surface area contributed by atoms with Crippen LogP contribution in [0, 0.1) is 0 Å². The summed E-state index contributed by atoms with van der Waals surface area (Å²) >= 11 is 0. The Hall–Kier alpha value is -1.02. The van der Waals surface area contributed by atoms with Crippen molar-refractivity contribution in [3.05, 3.63) is 24.3 Å². The Morgan fingerprint density at radius 3 is 1.57 bits per heavy atom. The second-order valence-corrected chi connectivity index (χ2v) is 15.3. The molecule has 0 aliphatic carbocycles. The van der Waals surface area contributed by atoms with Crippen molar-refractivity contribution < 1.29 is 28.4 Å². The van der Waals surface area contributed by atoms with Crippen molar-refractivity contribution in [1.29, 1.82) is 0 Å². The lowest BCUT2D eigenvalue weighted by atomic mass is 10.0. The third kappa shape index (κ3) is 35.2. The minimum Gasteiger partial charge on any atom is -0.387 e. The Labute approximate surface area is 302 Å². The maximum Gasteiger partial charge on any atom is 0.472 e. The fourth-order valence-corrected chi connectivity index (χ4v) is 6.64. The molecule has 0 heterocycles. The molecule has 0 bridgehead atoms. The summed E-state index contributed by atoms with van der Waals surface area (Å²) in [6.07, 6.45) is 40.8. The zero-order valence-electron chi connectivity index (χ0n) is 31.9. The average Bonchev–Trinajstić information content (AvgIpc) is 3.09. The van der Waals surface area contributed by atoms with Crippen LogP contribution in [0.5, 0.6) is 0 Å². The van der Waals surface area contributed by atoms with Crippen LogP contribution in [0.2, 0.25) is 0 Å². The first kappa shape index (κ1) is 48.0. The second kappa shape index (κ2) is 36.8. The van der Waals surface area contributed by atoms with Crippen LogP contribution < -0.4 is 11.1 Å². The number of carbonyl (C=O) groups excluding carboxylic acids is 1. The Balaban J connectivity index is 4.21. The summed E-state index contributed by atoms with van der Waals surface area (Å²) in [4.78, 5) is 22.6. The molecule has 0 saturated carbocycles. The standard InChI is InChI=1S/C40H79N2O6P/c1-3-5-7-9-11-13-15-16-17-18-19-20-21-22-24-25-27-29-31-33-39(43)38(37-48-49(45,46)47-36-35-41)42-40(44)34-32-30-28-26-23-14-12-10-8-6-4-2/h10,12,31,33,38-39,43H,3-9,11,13-30,32,34-37,41H2,1-2H3,(H,42,44)(H,45,46)/b12-10-,33-31+. The molecule has 8 nitrogen and oxygen atoms in total. The lowest BCUT2D eigenvalue weighted by molar-refractivity contribution is -0.123. The van der Waals surface area contributed by atoms with Gasteiger partial charge < -0.3 is 21.1 Å². The third-order valence-corrected chi connectivity index (χ3v) is 10.0. The van der Waals surface area contributed by atoms with Gasteiger partial charge in [-0.15, -0.1) is 0 Å². The van der Waals surface area contributed by atoms with Crippen molar-refractivity contribution in [1.82, 2.24) is 5.32 Å². The molecule has 290 valence electrons. The van der Waals surface area contributed by atoms with Crippen molar-refractivity contribution >= 4 is 13.7 Å². The number of nitrogens with two attached hydrogens (primary N) is 1. The molecule has 0 aromatic heterocycles. The number of aliphatic hydroxyl groups is 1. The van der Waals surface area contributed by atoms with Gasteiger partial charge >= 0.3 is 7.82 Å². The molecular formula is C40H79N2O6P. The van der Waals surface area contributed by atoms with E-state index in [2.05, 4.69) is 31.3 Å². The molecule has 0 fully saturated rings. The number of nitrogens with one attached hydrogen (secondary N) is 1. The minimum atomic E-state index is -4.33. The molecular weight excluding hydrogens is 635 g/mol. The molecule has 0 aliphatic heterocycles. The van der Waals surface area contributed by atoms with Gasteiger partial charge in [0, 0.05) is 13.0 Å². The molecule has 0 aliphatic rings. The number of amides is 1. The topological polar surface area (TPSA) is 131 Å².